The van der Waals surface area contributed by atoms with Crippen molar-refractivity contribution in [1.29, 1.82) is 0 Å². The lowest BCUT2D eigenvalue weighted by Gasteiger charge is -2.25. The summed E-state index contributed by atoms with van der Waals surface area (Å²) < 4.78 is 0. The first-order chi connectivity index (χ1) is 9.05. The number of urea groups is 1. The molecule has 0 radical (unpaired) electrons. The lowest BCUT2D eigenvalue weighted by Crippen LogP contribution is -2.50. The molecule has 2 aliphatic rings. The minimum Gasteiger partial charge on any atom is -0.327 e. The highest BCUT2D eigenvalue weighted by Crippen LogP contribution is 2.30. The minimum atomic E-state index is -1.25. The molecule has 1 atom stereocenters. The number of amides is 4. The molecule has 1 aromatic carbocycles. The van der Waals surface area contributed by atoms with Crippen molar-refractivity contribution in [3.63, 3.8) is 0 Å². The molecule has 0 aliphatic carbocycles. The van der Waals surface area contributed by atoms with Crippen LogP contribution in [0.4, 0.5) is 10.5 Å². The van der Waals surface area contributed by atoms with Crippen molar-refractivity contribution in [1.82, 2.24) is 10.6 Å². The van der Waals surface area contributed by atoms with E-state index in [0.29, 0.717) is 5.56 Å². The van der Waals surface area contributed by atoms with E-state index in [2.05, 4.69) is 16.0 Å². The second kappa shape index (κ2) is 3.79. The van der Waals surface area contributed by atoms with E-state index < -0.39 is 17.5 Å². The molecule has 2 heterocycles. The number of nitrogens with two attached hydrogens (primary N) is 1. The van der Waals surface area contributed by atoms with Crippen molar-refractivity contribution in [2.45, 2.75) is 12.0 Å². The average Bonchev–Trinajstić information content (AvgIpc) is 2.87. The van der Waals surface area contributed by atoms with Crippen molar-refractivity contribution in [2.75, 3.05) is 11.9 Å². The summed E-state index contributed by atoms with van der Waals surface area (Å²) in [6, 6.07) is 4.56. The molecule has 4 amide bonds. The first-order valence-electron chi connectivity index (χ1n) is 5.82. The number of benzene rings is 1. The number of imide groups is 1. The summed E-state index contributed by atoms with van der Waals surface area (Å²) in [6.07, 6.45) is 0.263. The fourth-order valence-corrected chi connectivity index (χ4v) is 2.45. The first kappa shape index (κ1) is 11.7. The Labute approximate surface area is 108 Å². The molecule has 0 spiro atoms. The van der Waals surface area contributed by atoms with Crippen LogP contribution in [0.1, 0.15) is 11.1 Å². The Kier molecular flexibility index (Phi) is 2.33. The van der Waals surface area contributed by atoms with E-state index in [1.165, 1.54) is 0 Å². The zero-order valence-corrected chi connectivity index (χ0v) is 9.95. The molecule has 2 aliphatic heterocycles. The average molecular weight is 260 g/mol. The number of carbonyl (C=O) groups is 3. The number of fused-ring (bicyclic) bond motifs is 1. The van der Waals surface area contributed by atoms with Crippen LogP contribution >= 0.6 is 0 Å². The SMILES string of the molecule is NCC1(c2ccc3c(c2)CC(=O)N3)NC(=O)NC1=O. The summed E-state index contributed by atoms with van der Waals surface area (Å²) in [7, 11) is 0. The minimum absolute atomic E-state index is 0.0509. The molecule has 0 aromatic heterocycles. The Balaban J connectivity index is 2.07. The second-order valence-electron chi connectivity index (χ2n) is 4.61. The van der Waals surface area contributed by atoms with E-state index in [-0.39, 0.29) is 18.9 Å². The number of hydrogen-bond donors (Lipinski definition) is 4. The highest BCUT2D eigenvalue weighted by Gasteiger charge is 2.47. The van der Waals surface area contributed by atoms with Gasteiger partial charge in [-0.15, -0.1) is 0 Å². The van der Waals surface area contributed by atoms with E-state index in [1.54, 1.807) is 18.2 Å². The number of carbonyl (C=O) groups excluding carboxylic acids is 3. The quantitative estimate of drug-likeness (QED) is 0.520. The first-order valence-corrected chi connectivity index (χ1v) is 5.82. The van der Waals surface area contributed by atoms with Gasteiger partial charge in [-0.05, 0) is 17.2 Å². The van der Waals surface area contributed by atoms with Crippen LogP contribution in [0.15, 0.2) is 18.2 Å². The number of rotatable bonds is 2. The molecule has 19 heavy (non-hydrogen) atoms. The van der Waals surface area contributed by atoms with Gasteiger partial charge >= 0.3 is 6.03 Å². The van der Waals surface area contributed by atoms with Gasteiger partial charge in [0.15, 0.2) is 5.54 Å². The van der Waals surface area contributed by atoms with Crippen LogP contribution in [0.3, 0.4) is 0 Å². The Morgan fingerprint density at radius 3 is 2.63 bits per heavy atom. The zero-order chi connectivity index (χ0) is 13.6. The van der Waals surface area contributed by atoms with Gasteiger partial charge in [-0.1, -0.05) is 12.1 Å². The summed E-state index contributed by atoms with van der Waals surface area (Å²) >= 11 is 0. The maximum absolute atomic E-state index is 11.9. The Bertz CT molecular complexity index is 613. The maximum Gasteiger partial charge on any atom is 0.322 e. The van der Waals surface area contributed by atoms with Gasteiger partial charge in [0.25, 0.3) is 5.91 Å². The number of hydrogen-bond acceptors (Lipinski definition) is 4. The zero-order valence-electron chi connectivity index (χ0n) is 9.95. The van der Waals surface area contributed by atoms with Crippen molar-refractivity contribution in [2.24, 2.45) is 5.73 Å². The summed E-state index contributed by atoms with van der Waals surface area (Å²) in [5.41, 5.74) is 6.52. The number of nitrogens with one attached hydrogen (secondary N) is 3. The van der Waals surface area contributed by atoms with Crippen LogP contribution in [-0.2, 0) is 21.5 Å². The summed E-state index contributed by atoms with van der Waals surface area (Å²) in [6.45, 7) is -0.0509. The van der Waals surface area contributed by atoms with Crippen LogP contribution in [-0.4, -0.2) is 24.4 Å². The summed E-state index contributed by atoms with van der Waals surface area (Å²) in [4.78, 5) is 34.6. The van der Waals surface area contributed by atoms with Crippen molar-refractivity contribution >= 4 is 23.5 Å². The Morgan fingerprint density at radius 1 is 1.21 bits per heavy atom. The van der Waals surface area contributed by atoms with Gasteiger partial charge in [0.2, 0.25) is 5.91 Å². The molecule has 5 N–H and O–H groups in total. The maximum atomic E-state index is 11.9. The smallest absolute Gasteiger partial charge is 0.322 e. The van der Waals surface area contributed by atoms with Crippen molar-refractivity contribution < 1.29 is 14.4 Å². The van der Waals surface area contributed by atoms with Gasteiger partial charge in [-0.3, -0.25) is 14.9 Å². The molecular weight excluding hydrogens is 248 g/mol. The molecule has 3 rings (SSSR count). The third-order valence-corrected chi connectivity index (χ3v) is 3.47. The van der Waals surface area contributed by atoms with Crippen LogP contribution in [0.2, 0.25) is 0 Å². The molecule has 1 unspecified atom stereocenters. The topological polar surface area (TPSA) is 113 Å². The van der Waals surface area contributed by atoms with E-state index in [1.807, 2.05) is 0 Å². The van der Waals surface area contributed by atoms with Crippen LogP contribution in [0.5, 0.6) is 0 Å². The van der Waals surface area contributed by atoms with Gasteiger partial charge in [0.1, 0.15) is 0 Å². The number of anilines is 1. The van der Waals surface area contributed by atoms with Crippen LogP contribution in [0, 0.1) is 0 Å². The fourth-order valence-electron chi connectivity index (χ4n) is 2.45. The van der Waals surface area contributed by atoms with Gasteiger partial charge in [-0.25, -0.2) is 4.79 Å². The lowest BCUT2D eigenvalue weighted by molar-refractivity contribution is -0.124. The molecule has 1 fully saturated rings. The van der Waals surface area contributed by atoms with Crippen LogP contribution in [0.25, 0.3) is 0 Å². The van der Waals surface area contributed by atoms with E-state index >= 15 is 0 Å². The molecule has 98 valence electrons. The highest BCUT2D eigenvalue weighted by molar-refractivity contribution is 6.08. The third-order valence-electron chi connectivity index (χ3n) is 3.47. The monoisotopic (exact) mass is 260 g/mol. The third kappa shape index (κ3) is 1.59. The fraction of sp³-hybridized carbons (Fsp3) is 0.250. The van der Waals surface area contributed by atoms with Gasteiger partial charge in [-0.2, -0.15) is 0 Å². The molecule has 0 bridgehead atoms. The molecule has 1 saturated heterocycles. The van der Waals surface area contributed by atoms with Crippen molar-refractivity contribution in [3.8, 4) is 0 Å². The van der Waals surface area contributed by atoms with E-state index in [9.17, 15) is 14.4 Å². The molecule has 1 aromatic rings. The Morgan fingerprint density at radius 2 is 2.00 bits per heavy atom. The molecule has 0 saturated carbocycles. The summed E-state index contributed by atoms with van der Waals surface area (Å²) in [5, 5.41) is 7.45. The standard InChI is InChI=1S/C12H12N4O3/c13-5-12(10(18)15-11(19)16-12)7-1-2-8-6(3-7)4-9(17)14-8/h1-3H,4-5,13H2,(H,14,17)(H2,15,16,18,19). The Hall–Kier alpha value is -2.41. The van der Waals surface area contributed by atoms with E-state index in [0.717, 1.165) is 11.3 Å². The highest BCUT2D eigenvalue weighted by atomic mass is 16.2. The molecular formula is C12H12N4O3. The normalized spacial score (nSPS) is 24.8. The predicted molar refractivity (Wildman–Crippen MR) is 66.2 cm³/mol. The van der Waals surface area contributed by atoms with Crippen molar-refractivity contribution in [3.05, 3.63) is 29.3 Å². The largest absolute Gasteiger partial charge is 0.327 e. The molecule has 7 nitrogen and oxygen atoms in total. The van der Waals surface area contributed by atoms with Crippen LogP contribution < -0.4 is 21.7 Å². The predicted octanol–water partition coefficient (Wildman–Crippen LogP) is -0.825. The molecule has 7 heteroatoms. The second-order valence-corrected chi connectivity index (χ2v) is 4.61. The van der Waals surface area contributed by atoms with Gasteiger partial charge in [0.05, 0.1) is 6.42 Å². The summed E-state index contributed by atoms with van der Waals surface area (Å²) in [5.74, 6) is -0.564. The lowest BCUT2D eigenvalue weighted by atomic mass is 9.88. The van der Waals surface area contributed by atoms with E-state index in [4.69, 9.17) is 5.73 Å². The van der Waals surface area contributed by atoms with Gasteiger partial charge in [0, 0.05) is 12.2 Å². The van der Waals surface area contributed by atoms with Gasteiger partial charge < -0.3 is 16.4 Å².